The second kappa shape index (κ2) is 10.3. The fourth-order valence-electron chi connectivity index (χ4n) is 4.70. The molecule has 4 aromatic rings. The number of ether oxygens (including phenoxy) is 3. The molecule has 0 aliphatic carbocycles. The highest BCUT2D eigenvalue weighted by Crippen LogP contribution is 2.37. The number of piperidine rings is 1. The number of halogens is 1. The standard InChI is InChI=1S/C28H27FN4O4/c1-4-25(34)32-14-6-7-19(17-32)33-28-21(15-30-16-24(28)36-3)27(31-33)18-10-12-20(13-11-18)37-23-9-5-8-22(35-2)26(23)29/h4-5,8-13,15-16,19H,1,6-7,14,17H2,2-3H3. The maximum Gasteiger partial charge on any atom is 0.246 e. The first-order valence-electron chi connectivity index (χ1n) is 12.0. The third-order valence-electron chi connectivity index (χ3n) is 6.53. The van der Waals surface area contributed by atoms with Crippen molar-refractivity contribution >= 4 is 16.8 Å². The molecule has 8 nitrogen and oxygen atoms in total. The van der Waals surface area contributed by atoms with Crippen LogP contribution in [0.1, 0.15) is 18.9 Å². The first kappa shape index (κ1) is 24.3. The monoisotopic (exact) mass is 502 g/mol. The zero-order chi connectivity index (χ0) is 25.9. The van der Waals surface area contributed by atoms with Crippen LogP contribution in [-0.4, -0.2) is 52.9 Å². The molecule has 5 rings (SSSR count). The number of nitrogens with zero attached hydrogens (tertiary/aromatic N) is 4. The largest absolute Gasteiger partial charge is 0.494 e. The topological polar surface area (TPSA) is 78.7 Å². The normalized spacial score (nSPS) is 15.4. The minimum atomic E-state index is -0.562. The second-order valence-electron chi connectivity index (χ2n) is 8.71. The summed E-state index contributed by atoms with van der Waals surface area (Å²) in [4.78, 5) is 18.4. The van der Waals surface area contributed by atoms with Crippen molar-refractivity contribution in [3.8, 4) is 34.3 Å². The van der Waals surface area contributed by atoms with Crippen LogP contribution >= 0.6 is 0 Å². The number of methoxy groups -OCH3 is 2. The third-order valence-corrected chi connectivity index (χ3v) is 6.53. The highest BCUT2D eigenvalue weighted by atomic mass is 19.1. The van der Waals surface area contributed by atoms with Gasteiger partial charge in [-0.25, -0.2) is 0 Å². The van der Waals surface area contributed by atoms with E-state index in [2.05, 4.69) is 11.6 Å². The molecule has 1 fully saturated rings. The number of benzene rings is 2. The number of fused-ring (bicyclic) bond motifs is 1. The number of carbonyl (C=O) groups excluding carboxylic acids is 1. The highest BCUT2D eigenvalue weighted by molar-refractivity contribution is 5.96. The van der Waals surface area contributed by atoms with Gasteiger partial charge in [0, 0.05) is 24.8 Å². The summed E-state index contributed by atoms with van der Waals surface area (Å²) in [7, 11) is 3.01. The Morgan fingerprint density at radius 3 is 2.57 bits per heavy atom. The summed E-state index contributed by atoms with van der Waals surface area (Å²) in [6, 6.07) is 12.0. The van der Waals surface area contributed by atoms with Crippen molar-refractivity contribution in [2.45, 2.75) is 18.9 Å². The predicted molar refractivity (Wildman–Crippen MR) is 138 cm³/mol. The minimum Gasteiger partial charge on any atom is -0.494 e. The van der Waals surface area contributed by atoms with Gasteiger partial charge in [0.25, 0.3) is 0 Å². The van der Waals surface area contributed by atoms with Crippen LogP contribution in [0.15, 0.2) is 67.5 Å². The zero-order valence-electron chi connectivity index (χ0n) is 20.7. The van der Waals surface area contributed by atoms with Crippen LogP contribution in [0.5, 0.6) is 23.0 Å². The number of aromatic nitrogens is 3. The minimum absolute atomic E-state index is 0.0242. The van der Waals surface area contributed by atoms with Gasteiger partial charge in [-0.05, 0) is 55.3 Å². The first-order chi connectivity index (χ1) is 18.0. The molecule has 0 N–H and O–H groups in total. The Labute approximate surface area is 213 Å². The Balaban J connectivity index is 1.50. The van der Waals surface area contributed by atoms with E-state index in [9.17, 15) is 9.18 Å². The van der Waals surface area contributed by atoms with Crippen LogP contribution in [0, 0.1) is 5.82 Å². The Morgan fingerprint density at radius 1 is 1.08 bits per heavy atom. The molecule has 1 atom stereocenters. The number of likely N-dealkylation sites (tertiary alicyclic amines) is 1. The number of hydrogen-bond donors (Lipinski definition) is 0. The second-order valence-corrected chi connectivity index (χ2v) is 8.71. The molecule has 0 saturated carbocycles. The molecule has 1 aliphatic rings. The van der Waals surface area contributed by atoms with E-state index in [0.29, 0.717) is 24.6 Å². The Bertz CT molecular complexity index is 1450. The zero-order valence-corrected chi connectivity index (χ0v) is 20.7. The summed E-state index contributed by atoms with van der Waals surface area (Å²) in [6.45, 7) is 4.85. The molecule has 0 spiro atoms. The van der Waals surface area contributed by atoms with Crippen LogP contribution in [0.4, 0.5) is 4.39 Å². The molecular formula is C28H27FN4O4. The number of rotatable bonds is 7. The number of hydrogen-bond acceptors (Lipinski definition) is 6. The van der Waals surface area contributed by atoms with E-state index in [1.807, 2.05) is 16.8 Å². The molecule has 1 saturated heterocycles. The van der Waals surface area contributed by atoms with E-state index in [4.69, 9.17) is 19.3 Å². The Hall–Kier alpha value is -4.40. The van der Waals surface area contributed by atoms with Crippen molar-refractivity contribution in [2.75, 3.05) is 27.3 Å². The van der Waals surface area contributed by atoms with E-state index < -0.39 is 5.82 Å². The Morgan fingerprint density at radius 2 is 1.84 bits per heavy atom. The fraction of sp³-hybridized carbons (Fsp3) is 0.250. The van der Waals surface area contributed by atoms with E-state index in [0.717, 1.165) is 35.0 Å². The summed E-state index contributed by atoms with van der Waals surface area (Å²) in [6.07, 6.45) is 6.52. The number of pyridine rings is 1. The summed E-state index contributed by atoms with van der Waals surface area (Å²) < 4.78 is 32.9. The van der Waals surface area contributed by atoms with Crippen LogP contribution in [0.3, 0.4) is 0 Å². The fourth-order valence-corrected chi connectivity index (χ4v) is 4.70. The molecule has 3 heterocycles. The molecule has 9 heteroatoms. The van der Waals surface area contributed by atoms with Gasteiger partial charge in [-0.15, -0.1) is 0 Å². The summed E-state index contributed by atoms with van der Waals surface area (Å²) >= 11 is 0. The van der Waals surface area contributed by atoms with Gasteiger partial charge in [0.15, 0.2) is 17.2 Å². The molecule has 37 heavy (non-hydrogen) atoms. The van der Waals surface area contributed by atoms with Crippen molar-refractivity contribution < 1.29 is 23.4 Å². The summed E-state index contributed by atoms with van der Waals surface area (Å²) in [5.74, 6) is 0.625. The van der Waals surface area contributed by atoms with Crippen molar-refractivity contribution in [3.05, 3.63) is 73.3 Å². The third kappa shape index (κ3) is 4.60. The highest BCUT2D eigenvalue weighted by Gasteiger charge is 2.28. The van der Waals surface area contributed by atoms with Crippen LogP contribution in [0.2, 0.25) is 0 Å². The van der Waals surface area contributed by atoms with Crippen LogP contribution in [-0.2, 0) is 4.79 Å². The quantitative estimate of drug-likeness (QED) is 0.315. The van der Waals surface area contributed by atoms with Gasteiger partial charge in [0.05, 0.1) is 31.8 Å². The van der Waals surface area contributed by atoms with E-state index in [1.54, 1.807) is 48.7 Å². The van der Waals surface area contributed by atoms with Crippen LogP contribution in [0.25, 0.3) is 22.2 Å². The SMILES string of the molecule is C=CC(=O)N1CCCC(n2nc(-c3ccc(Oc4cccc(OC)c4F)cc3)c3cncc(OC)c32)C1. The molecule has 190 valence electrons. The van der Waals surface area contributed by atoms with Gasteiger partial charge < -0.3 is 19.1 Å². The first-order valence-corrected chi connectivity index (χ1v) is 12.0. The predicted octanol–water partition coefficient (Wildman–Crippen LogP) is 5.40. The van der Waals surface area contributed by atoms with Gasteiger partial charge in [0.2, 0.25) is 11.7 Å². The summed E-state index contributed by atoms with van der Waals surface area (Å²) in [5, 5.41) is 5.81. The molecule has 0 radical (unpaired) electrons. The Kier molecular flexibility index (Phi) is 6.76. The summed E-state index contributed by atoms with van der Waals surface area (Å²) in [5.41, 5.74) is 2.39. The van der Waals surface area contributed by atoms with Crippen molar-refractivity contribution in [3.63, 3.8) is 0 Å². The van der Waals surface area contributed by atoms with E-state index in [-0.39, 0.29) is 23.4 Å². The maximum atomic E-state index is 14.5. The lowest BCUT2D eigenvalue weighted by molar-refractivity contribution is -0.127. The van der Waals surface area contributed by atoms with Crippen molar-refractivity contribution in [1.82, 2.24) is 19.7 Å². The number of amides is 1. The average molecular weight is 503 g/mol. The van der Waals surface area contributed by atoms with Gasteiger partial charge in [-0.3, -0.25) is 14.5 Å². The molecule has 1 aliphatic heterocycles. The lowest BCUT2D eigenvalue weighted by Crippen LogP contribution is -2.40. The lowest BCUT2D eigenvalue weighted by Gasteiger charge is -2.32. The van der Waals surface area contributed by atoms with Gasteiger partial charge in [-0.1, -0.05) is 12.6 Å². The molecule has 2 aromatic heterocycles. The number of carbonyl (C=O) groups is 1. The smallest absolute Gasteiger partial charge is 0.246 e. The molecule has 2 aromatic carbocycles. The maximum absolute atomic E-state index is 14.5. The van der Waals surface area contributed by atoms with Gasteiger partial charge in [0.1, 0.15) is 17.0 Å². The van der Waals surface area contributed by atoms with Crippen LogP contribution < -0.4 is 14.2 Å². The van der Waals surface area contributed by atoms with E-state index >= 15 is 0 Å². The van der Waals surface area contributed by atoms with Gasteiger partial charge >= 0.3 is 0 Å². The average Bonchev–Trinajstić information content (AvgIpc) is 3.34. The van der Waals surface area contributed by atoms with E-state index in [1.165, 1.54) is 19.3 Å². The van der Waals surface area contributed by atoms with Crippen molar-refractivity contribution in [1.29, 1.82) is 0 Å². The molecule has 1 unspecified atom stereocenters. The molecule has 0 bridgehead atoms. The molecular weight excluding hydrogens is 475 g/mol. The van der Waals surface area contributed by atoms with Crippen molar-refractivity contribution in [2.24, 2.45) is 0 Å². The molecule has 1 amide bonds. The van der Waals surface area contributed by atoms with Gasteiger partial charge in [-0.2, -0.15) is 9.49 Å². The lowest BCUT2D eigenvalue weighted by atomic mass is 10.1.